The summed E-state index contributed by atoms with van der Waals surface area (Å²) in [7, 11) is 0. The first-order chi connectivity index (χ1) is 9.86. The maximum atomic E-state index is 11.9. The number of aryl methyl sites for hydroxylation is 1. The number of furan rings is 1. The lowest BCUT2D eigenvalue weighted by atomic mass is 10.2. The van der Waals surface area contributed by atoms with Crippen LogP contribution in [0.5, 0.6) is 0 Å². The highest BCUT2D eigenvalue weighted by atomic mass is 16.4. The molecule has 2 rings (SSSR count). The molecule has 21 heavy (non-hydrogen) atoms. The maximum absolute atomic E-state index is 11.9. The summed E-state index contributed by atoms with van der Waals surface area (Å²) < 4.78 is 5.32. The van der Waals surface area contributed by atoms with Crippen molar-refractivity contribution in [3.8, 4) is 0 Å². The fourth-order valence-corrected chi connectivity index (χ4v) is 1.88. The molecule has 7 heteroatoms. The lowest BCUT2D eigenvalue weighted by molar-refractivity contribution is -0.145. The van der Waals surface area contributed by atoms with Gasteiger partial charge in [0.2, 0.25) is 0 Å². The van der Waals surface area contributed by atoms with Gasteiger partial charge in [0.1, 0.15) is 11.6 Å². The summed E-state index contributed by atoms with van der Waals surface area (Å²) in [4.78, 5) is 33.4. The first kappa shape index (κ1) is 14.6. The lowest BCUT2D eigenvalue weighted by Crippen LogP contribution is -2.42. The molecule has 2 aromatic rings. The van der Waals surface area contributed by atoms with E-state index in [2.05, 4.69) is 5.32 Å². The van der Waals surface area contributed by atoms with E-state index < -0.39 is 30.3 Å². The molecular weight excluding hydrogens is 278 g/mol. The van der Waals surface area contributed by atoms with Crippen LogP contribution in [-0.2, 0) is 9.59 Å². The molecule has 1 unspecified atom stereocenters. The number of fused-ring (bicyclic) bond motifs is 1. The van der Waals surface area contributed by atoms with Gasteiger partial charge in [0.15, 0.2) is 5.76 Å². The number of hydrogen-bond donors (Lipinski definition) is 3. The first-order valence-corrected chi connectivity index (χ1v) is 6.12. The normalized spacial score (nSPS) is 12.0. The Labute approximate surface area is 119 Å². The Morgan fingerprint density at radius 3 is 2.57 bits per heavy atom. The third-order valence-corrected chi connectivity index (χ3v) is 2.88. The second-order valence-corrected chi connectivity index (χ2v) is 4.61. The second-order valence-electron chi connectivity index (χ2n) is 4.61. The first-order valence-electron chi connectivity index (χ1n) is 6.12. The van der Waals surface area contributed by atoms with Crippen molar-refractivity contribution in [2.24, 2.45) is 0 Å². The maximum Gasteiger partial charge on any atom is 0.326 e. The third-order valence-electron chi connectivity index (χ3n) is 2.88. The molecule has 1 aromatic heterocycles. The molecule has 0 fully saturated rings. The van der Waals surface area contributed by atoms with Crippen LogP contribution in [0.2, 0.25) is 0 Å². The van der Waals surface area contributed by atoms with E-state index in [0.29, 0.717) is 11.0 Å². The topological polar surface area (TPSA) is 117 Å². The fraction of sp³-hybridized carbons (Fsp3) is 0.214. The van der Waals surface area contributed by atoms with E-state index in [-0.39, 0.29) is 5.76 Å². The van der Waals surface area contributed by atoms with Gasteiger partial charge in [-0.1, -0.05) is 11.6 Å². The zero-order chi connectivity index (χ0) is 15.6. The summed E-state index contributed by atoms with van der Waals surface area (Å²) >= 11 is 0. The average Bonchev–Trinajstić information content (AvgIpc) is 2.80. The smallest absolute Gasteiger partial charge is 0.326 e. The Morgan fingerprint density at radius 2 is 1.95 bits per heavy atom. The molecule has 7 nitrogen and oxygen atoms in total. The number of carboxylic acids is 2. The second kappa shape index (κ2) is 5.66. The van der Waals surface area contributed by atoms with Crippen molar-refractivity contribution in [2.75, 3.05) is 0 Å². The van der Waals surface area contributed by atoms with Crippen LogP contribution in [-0.4, -0.2) is 34.1 Å². The van der Waals surface area contributed by atoms with Crippen LogP contribution < -0.4 is 5.32 Å². The van der Waals surface area contributed by atoms with Crippen molar-refractivity contribution in [1.82, 2.24) is 5.32 Å². The van der Waals surface area contributed by atoms with Gasteiger partial charge in [-0.05, 0) is 25.1 Å². The Morgan fingerprint density at radius 1 is 1.24 bits per heavy atom. The summed E-state index contributed by atoms with van der Waals surface area (Å²) in [6.45, 7) is 1.89. The molecule has 110 valence electrons. The number of carbonyl (C=O) groups excluding carboxylic acids is 1. The summed E-state index contributed by atoms with van der Waals surface area (Å²) in [5.41, 5.74) is 1.49. The van der Waals surface area contributed by atoms with Crippen molar-refractivity contribution in [3.05, 3.63) is 35.6 Å². The third kappa shape index (κ3) is 3.38. The predicted molar refractivity (Wildman–Crippen MR) is 72.1 cm³/mol. The van der Waals surface area contributed by atoms with Crippen LogP contribution >= 0.6 is 0 Å². The zero-order valence-corrected chi connectivity index (χ0v) is 11.1. The van der Waals surface area contributed by atoms with Gasteiger partial charge in [-0.25, -0.2) is 4.79 Å². The molecule has 0 spiro atoms. The highest BCUT2D eigenvalue weighted by molar-refractivity contribution is 5.98. The van der Waals surface area contributed by atoms with Crippen LogP contribution in [0.15, 0.2) is 28.7 Å². The van der Waals surface area contributed by atoms with Crippen LogP contribution in [0.4, 0.5) is 0 Å². The number of nitrogens with one attached hydrogen (secondary N) is 1. The van der Waals surface area contributed by atoms with Crippen LogP contribution in [0.25, 0.3) is 11.0 Å². The molecule has 3 N–H and O–H groups in total. The van der Waals surface area contributed by atoms with Crippen LogP contribution in [0, 0.1) is 6.92 Å². The molecule has 0 radical (unpaired) electrons. The van der Waals surface area contributed by atoms with Crippen molar-refractivity contribution >= 4 is 28.8 Å². The minimum Gasteiger partial charge on any atom is -0.481 e. The molecule has 0 aliphatic heterocycles. The highest BCUT2D eigenvalue weighted by Crippen LogP contribution is 2.20. The largest absolute Gasteiger partial charge is 0.481 e. The molecule has 1 heterocycles. The Bertz CT molecular complexity index is 717. The van der Waals surface area contributed by atoms with E-state index >= 15 is 0 Å². The van der Waals surface area contributed by atoms with Gasteiger partial charge in [0.25, 0.3) is 5.91 Å². The van der Waals surface area contributed by atoms with Gasteiger partial charge in [-0.3, -0.25) is 9.59 Å². The lowest BCUT2D eigenvalue weighted by Gasteiger charge is -2.10. The van der Waals surface area contributed by atoms with Gasteiger partial charge in [0, 0.05) is 5.39 Å². The monoisotopic (exact) mass is 291 g/mol. The van der Waals surface area contributed by atoms with Gasteiger partial charge in [-0.15, -0.1) is 0 Å². The van der Waals surface area contributed by atoms with Gasteiger partial charge >= 0.3 is 11.9 Å². The van der Waals surface area contributed by atoms with Crippen molar-refractivity contribution in [3.63, 3.8) is 0 Å². The zero-order valence-electron chi connectivity index (χ0n) is 11.1. The van der Waals surface area contributed by atoms with E-state index in [1.54, 1.807) is 6.07 Å². The molecule has 0 saturated heterocycles. The SMILES string of the molecule is Cc1ccc2oc(C(=O)NC(CC(=O)O)C(=O)O)cc2c1. The molecule has 1 aromatic carbocycles. The van der Waals surface area contributed by atoms with E-state index in [9.17, 15) is 14.4 Å². The Hall–Kier alpha value is -2.83. The molecule has 1 atom stereocenters. The van der Waals surface area contributed by atoms with Crippen LogP contribution in [0.1, 0.15) is 22.5 Å². The van der Waals surface area contributed by atoms with Gasteiger partial charge in [0.05, 0.1) is 6.42 Å². The number of carbonyl (C=O) groups is 3. The minimum absolute atomic E-state index is 0.0627. The van der Waals surface area contributed by atoms with E-state index in [0.717, 1.165) is 5.56 Å². The molecular formula is C14H13NO6. The minimum atomic E-state index is -1.51. The van der Waals surface area contributed by atoms with Crippen molar-refractivity contribution in [1.29, 1.82) is 0 Å². The van der Waals surface area contributed by atoms with Crippen molar-refractivity contribution in [2.45, 2.75) is 19.4 Å². The molecule has 0 saturated carbocycles. The van der Waals surface area contributed by atoms with E-state index in [1.807, 2.05) is 19.1 Å². The van der Waals surface area contributed by atoms with E-state index in [1.165, 1.54) is 6.07 Å². The number of carboxylic acid groups (broad SMARTS) is 2. The summed E-state index contributed by atoms with van der Waals surface area (Å²) in [5.74, 6) is -3.56. The molecule has 1 amide bonds. The Balaban J connectivity index is 2.20. The summed E-state index contributed by atoms with van der Waals surface area (Å²) in [6, 6.07) is 5.31. The summed E-state index contributed by atoms with van der Waals surface area (Å²) in [5, 5.41) is 20.3. The average molecular weight is 291 g/mol. The number of rotatable bonds is 5. The number of aliphatic carboxylic acids is 2. The predicted octanol–water partition coefficient (Wildman–Crippen LogP) is 1.40. The number of hydrogen-bond acceptors (Lipinski definition) is 4. The highest BCUT2D eigenvalue weighted by Gasteiger charge is 2.25. The Kier molecular flexibility index (Phi) is 3.93. The quantitative estimate of drug-likeness (QED) is 0.766. The number of amides is 1. The summed E-state index contributed by atoms with van der Waals surface area (Å²) in [6.07, 6.45) is -0.708. The molecule has 0 aliphatic rings. The standard InChI is InChI=1S/C14H13NO6/c1-7-2-3-10-8(4-7)5-11(21-10)13(18)15-9(14(19)20)6-12(16)17/h2-5,9H,6H2,1H3,(H,15,18)(H,16,17)(H,19,20). The molecule has 0 bridgehead atoms. The van der Waals surface area contributed by atoms with E-state index in [4.69, 9.17) is 14.6 Å². The fourth-order valence-electron chi connectivity index (χ4n) is 1.88. The molecule has 0 aliphatic carbocycles. The van der Waals surface area contributed by atoms with Crippen molar-refractivity contribution < 1.29 is 29.0 Å². The number of benzene rings is 1. The van der Waals surface area contributed by atoms with Crippen LogP contribution in [0.3, 0.4) is 0 Å². The van der Waals surface area contributed by atoms with Gasteiger partial charge in [-0.2, -0.15) is 0 Å². The van der Waals surface area contributed by atoms with Gasteiger partial charge < -0.3 is 19.9 Å².